The van der Waals surface area contributed by atoms with E-state index in [1.54, 1.807) is 0 Å². The minimum Gasteiger partial charge on any atom is -0.462 e. The number of rotatable bonds is 8. The van der Waals surface area contributed by atoms with Crippen molar-refractivity contribution in [2.45, 2.75) is 43.9 Å². The topological polar surface area (TPSA) is 60.4 Å². The molecule has 0 bridgehead atoms. The van der Waals surface area contributed by atoms with E-state index in [0.717, 1.165) is 50.3 Å². The van der Waals surface area contributed by atoms with Crippen LogP contribution in [0.25, 0.3) is 0 Å². The Kier molecular flexibility index (Phi) is 7.11. The SMILES string of the molecule is CCCCCCCOC(=O)c1cc(F)cc(S(=O)(=O)Cl)c1. The fraction of sp³-hybridized carbons (Fsp3) is 0.500. The van der Waals surface area contributed by atoms with Gasteiger partial charge >= 0.3 is 5.97 Å². The van der Waals surface area contributed by atoms with E-state index in [0.29, 0.717) is 0 Å². The fourth-order valence-corrected chi connectivity index (χ4v) is 2.56. The Labute approximate surface area is 128 Å². The van der Waals surface area contributed by atoms with Crippen LogP contribution < -0.4 is 0 Å². The monoisotopic (exact) mass is 336 g/mol. The molecule has 0 saturated carbocycles. The van der Waals surface area contributed by atoms with Gasteiger partial charge in [-0.15, -0.1) is 0 Å². The van der Waals surface area contributed by atoms with Crippen molar-refractivity contribution in [2.75, 3.05) is 6.61 Å². The Hall–Kier alpha value is -1.14. The third-order valence-electron chi connectivity index (χ3n) is 2.87. The molecule has 118 valence electrons. The lowest BCUT2D eigenvalue weighted by Crippen LogP contribution is -2.08. The van der Waals surface area contributed by atoms with Crippen LogP contribution in [0.3, 0.4) is 0 Å². The summed E-state index contributed by atoms with van der Waals surface area (Å²) < 4.78 is 40.6. The summed E-state index contributed by atoms with van der Waals surface area (Å²) in [6, 6.07) is 2.68. The summed E-state index contributed by atoms with van der Waals surface area (Å²) in [5, 5.41) is 0. The van der Waals surface area contributed by atoms with Crippen LogP contribution in [0.2, 0.25) is 0 Å². The van der Waals surface area contributed by atoms with Gasteiger partial charge in [0.2, 0.25) is 0 Å². The Morgan fingerprint density at radius 1 is 1.19 bits per heavy atom. The van der Waals surface area contributed by atoms with Crippen LogP contribution in [-0.4, -0.2) is 21.0 Å². The Morgan fingerprint density at radius 3 is 2.48 bits per heavy atom. The van der Waals surface area contributed by atoms with E-state index < -0.39 is 25.7 Å². The lowest BCUT2D eigenvalue weighted by Gasteiger charge is -2.06. The molecule has 0 aromatic heterocycles. The van der Waals surface area contributed by atoms with Gasteiger partial charge in [-0.05, 0) is 24.6 Å². The van der Waals surface area contributed by atoms with Gasteiger partial charge in [0.05, 0.1) is 17.1 Å². The molecule has 7 heteroatoms. The van der Waals surface area contributed by atoms with Crippen LogP contribution in [0, 0.1) is 5.82 Å². The Bertz CT molecular complexity index is 587. The molecule has 0 amide bonds. The van der Waals surface area contributed by atoms with E-state index in [9.17, 15) is 17.6 Å². The summed E-state index contributed by atoms with van der Waals surface area (Å²) in [5.74, 6) is -1.61. The molecule has 1 aromatic carbocycles. The van der Waals surface area contributed by atoms with Gasteiger partial charge in [-0.1, -0.05) is 32.6 Å². The van der Waals surface area contributed by atoms with E-state index in [2.05, 4.69) is 6.92 Å². The summed E-state index contributed by atoms with van der Waals surface area (Å²) in [6.07, 6.45) is 5.00. The molecule has 0 fully saturated rings. The van der Waals surface area contributed by atoms with Gasteiger partial charge in [0.1, 0.15) is 5.82 Å². The second-order valence-corrected chi connectivity index (χ2v) is 7.23. The molecule has 0 aliphatic carbocycles. The van der Waals surface area contributed by atoms with E-state index in [1.807, 2.05) is 0 Å². The van der Waals surface area contributed by atoms with E-state index in [4.69, 9.17) is 15.4 Å². The summed E-state index contributed by atoms with van der Waals surface area (Å²) in [5.41, 5.74) is -0.164. The third kappa shape index (κ3) is 6.44. The minimum atomic E-state index is -4.09. The second kappa shape index (κ2) is 8.34. The number of halogens is 2. The number of hydrogen-bond donors (Lipinski definition) is 0. The molecule has 0 aliphatic heterocycles. The number of esters is 1. The standard InChI is InChI=1S/C14H18ClFO4S/c1-2-3-4-5-6-7-20-14(17)11-8-12(16)10-13(9-11)21(15,18)19/h8-10H,2-7H2,1H3. The van der Waals surface area contributed by atoms with Crippen LogP contribution in [0.4, 0.5) is 4.39 Å². The van der Waals surface area contributed by atoms with Crippen LogP contribution in [0.15, 0.2) is 23.1 Å². The Morgan fingerprint density at radius 2 is 1.86 bits per heavy atom. The van der Waals surface area contributed by atoms with Crippen LogP contribution in [0.5, 0.6) is 0 Å². The highest BCUT2D eigenvalue weighted by atomic mass is 35.7. The van der Waals surface area contributed by atoms with E-state index in [-0.39, 0.29) is 12.2 Å². The molecule has 0 radical (unpaired) electrons. The molecule has 4 nitrogen and oxygen atoms in total. The van der Waals surface area contributed by atoms with Gasteiger partial charge < -0.3 is 4.74 Å². The van der Waals surface area contributed by atoms with Crippen molar-refractivity contribution in [2.24, 2.45) is 0 Å². The molecule has 0 aliphatic rings. The van der Waals surface area contributed by atoms with Gasteiger partial charge in [-0.2, -0.15) is 0 Å². The molecule has 0 atom stereocenters. The highest BCUT2D eigenvalue weighted by Gasteiger charge is 2.16. The number of carbonyl (C=O) groups excluding carboxylic acids is 1. The molecule has 0 spiro atoms. The van der Waals surface area contributed by atoms with Crippen LogP contribution in [-0.2, 0) is 13.8 Å². The molecule has 0 saturated heterocycles. The van der Waals surface area contributed by atoms with Crippen molar-refractivity contribution in [3.05, 3.63) is 29.6 Å². The molecular weight excluding hydrogens is 319 g/mol. The third-order valence-corrected chi connectivity index (χ3v) is 4.20. The van der Waals surface area contributed by atoms with E-state index >= 15 is 0 Å². The quantitative estimate of drug-likeness (QED) is 0.410. The minimum absolute atomic E-state index is 0.164. The molecule has 1 rings (SSSR count). The van der Waals surface area contributed by atoms with Gasteiger partial charge in [0.25, 0.3) is 9.05 Å². The predicted molar refractivity (Wildman–Crippen MR) is 78.5 cm³/mol. The highest BCUT2D eigenvalue weighted by Crippen LogP contribution is 2.19. The summed E-state index contributed by atoms with van der Waals surface area (Å²) in [4.78, 5) is 11.3. The molecule has 21 heavy (non-hydrogen) atoms. The summed E-state index contributed by atoms with van der Waals surface area (Å²) in [7, 11) is 1.04. The lowest BCUT2D eigenvalue weighted by molar-refractivity contribution is 0.0497. The number of benzene rings is 1. The summed E-state index contributed by atoms with van der Waals surface area (Å²) in [6.45, 7) is 2.33. The highest BCUT2D eigenvalue weighted by molar-refractivity contribution is 8.13. The molecule has 0 heterocycles. The first-order chi connectivity index (χ1) is 9.84. The van der Waals surface area contributed by atoms with Crippen LogP contribution in [0.1, 0.15) is 49.4 Å². The summed E-state index contributed by atoms with van der Waals surface area (Å²) >= 11 is 0. The van der Waals surface area contributed by atoms with Crippen molar-refractivity contribution >= 4 is 25.7 Å². The van der Waals surface area contributed by atoms with Crippen molar-refractivity contribution in [3.8, 4) is 0 Å². The van der Waals surface area contributed by atoms with Gasteiger partial charge in [0, 0.05) is 10.7 Å². The van der Waals surface area contributed by atoms with Crippen molar-refractivity contribution in [1.29, 1.82) is 0 Å². The van der Waals surface area contributed by atoms with Crippen LogP contribution >= 0.6 is 10.7 Å². The van der Waals surface area contributed by atoms with Crippen molar-refractivity contribution in [1.82, 2.24) is 0 Å². The van der Waals surface area contributed by atoms with Gasteiger partial charge in [-0.25, -0.2) is 17.6 Å². The average molecular weight is 337 g/mol. The maximum absolute atomic E-state index is 13.3. The Balaban J connectivity index is 2.60. The maximum atomic E-state index is 13.3. The number of unbranched alkanes of at least 4 members (excludes halogenated alkanes) is 4. The number of carbonyl (C=O) groups is 1. The predicted octanol–water partition coefficient (Wildman–Crippen LogP) is 3.88. The van der Waals surface area contributed by atoms with Gasteiger partial charge in [0.15, 0.2) is 0 Å². The second-order valence-electron chi connectivity index (χ2n) is 4.66. The zero-order chi connectivity index (χ0) is 15.9. The maximum Gasteiger partial charge on any atom is 0.338 e. The normalized spacial score (nSPS) is 11.4. The molecule has 0 unspecified atom stereocenters. The zero-order valence-corrected chi connectivity index (χ0v) is 13.3. The fourth-order valence-electron chi connectivity index (χ4n) is 1.78. The first-order valence-corrected chi connectivity index (χ1v) is 9.08. The average Bonchev–Trinajstić information content (AvgIpc) is 2.40. The first-order valence-electron chi connectivity index (χ1n) is 6.77. The lowest BCUT2D eigenvalue weighted by atomic mass is 10.2. The number of hydrogen-bond acceptors (Lipinski definition) is 4. The zero-order valence-electron chi connectivity index (χ0n) is 11.8. The molecule has 0 N–H and O–H groups in total. The number of ether oxygens (including phenoxy) is 1. The molecule has 1 aromatic rings. The smallest absolute Gasteiger partial charge is 0.338 e. The van der Waals surface area contributed by atoms with E-state index in [1.165, 1.54) is 0 Å². The van der Waals surface area contributed by atoms with Crippen molar-refractivity contribution in [3.63, 3.8) is 0 Å². The molecular formula is C14H18ClFO4S. The largest absolute Gasteiger partial charge is 0.462 e. The van der Waals surface area contributed by atoms with Crippen molar-refractivity contribution < 1.29 is 22.3 Å². The first kappa shape index (κ1) is 17.9. The van der Waals surface area contributed by atoms with Gasteiger partial charge in [-0.3, -0.25) is 0 Å².